The Bertz CT molecular complexity index is 499. The summed E-state index contributed by atoms with van der Waals surface area (Å²) in [5.41, 5.74) is 2.31. The molecule has 0 atom stereocenters. The molecule has 2 aromatic rings. The average molecular weight is 291 g/mol. The normalized spacial score (nSPS) is 10.9. The Morgan fingerprint density at radius 3 is 2.70 bits per heavy atom. The summed E-state index contributed by atoms with van der Waals surface area (Å²) >= 11 is 1.44. The molecule has 2 rings (SSSR count). The molecule has 0 saturated heterocycles. The van der Waals surface area contributed by atoms with Crippen LogP contribution in [0.4, 0.5) is 5.00 Å². The van der Waals surface area contributed by atoms with Crippen molar-refractivity contribution in [2.45, 2.75) is 33.4 Å². The van der Waals surface area contributed by atoms with Crippen LogP contribution in [0.25, 0.3) is 0 Å². The standard InChI is InChI=1S/C14H21N5S/c1-3-7-16-14-13(17-18-20-14)11-19(4-2)10-12-5-8-15-9-6-12/h5-6,8-9,16H,3-4,7,10-11H2,1-2H3. The van der Waals surface area contributed by atoms with E-state index in [2.05, 4.69) is 50.8 Å². The molecule has 0 amide bonds. The zero-order valence-electron chi connectivity index (χ0n) is 12.0. The van der Waals surface area contributed by atoms with Crippen molar-refractivity contribution in [1.29, 1.82) is 0 Å². The zero-order valence-corrected chi connectivity index (χ0v) is 12.9. The van der Waals surface area contributed by atoms with Crippen LogP contribution >= 0.6 is 11.5 Å². The van der Waals surface area contributed by atoms with Gasteiger partial charge in [-0.1, -0.05) is 18.3 Å². The van der Waals surface area contributed by atoms with Crippen LogP contribution in [0, 0.1) is 0 Å². The highest BCUT2D eigenvalue weighted by molar-refractivity contribution is 7.10. The zero-order chi connectivity index (χ0) is 14.2. The molecule has 0 fully saturated rings. The summed E-state index contributed by atoms with van der Waals surface area (Å²) < 4.78 is 4.06. The molecule has 0 aliphatic rings. The third kappa shape index (κ3) is 4.25. The van der Waals surface area contributed by atoms with E-state index in [0.717, 1.165) is 43.3 Å². The summed E-state index contributed by atoms with van der Waals surface area (Å²) in [7, 11) is 0. The molecule has 1 N–H and O–H groups in total. The van der Waals surface area contributed by atoms with Gasteiger partial charge in [-0.25, -0.2) is 0 Å². The molecule has 2 aromatic heterocycles. The maximum Gasteiger partial charge on any atom is 0.134 e. The SMILES string of the molecule is CCCNc1snnc1CN(CC)Cc1ccncc1. The minimum Gasteiger partial charge on any atom is -0.374 e. The Morgan fingerprint density at radius 1 is 1.20 bits per heavy atom. The third-order valence-electron chi connectivity index (χ3n) is 3.07. The van der Waals surface area contributed by atoms with Gasteiger partial charge in [0.2, 0.25) is 0 Å². The van der Waals surface area contributed by atoms with Gasteiger partial charge in [0.25, 0.3) is 0 Å². The van der Waals surface area contributed by atoms with Crippen molar-refractivity contribution >= 4 is 16.5 Å². The predicted octanol–water partition coefficient (Wildman–Crippen LogP) is 2.78. The number of anilines is 1. The van der Waals surface area contributed by atoms with Crippen LogP contribution in [0.3, 0.4) is 0 Å². The first-order chi connectivity index (χ1) is 9.83. The van der Waals surface area contributed by atoms with Gasteiger partial charge in [0.1, 0.15) is 10.7 Å². The van der Waals surface area contributed by atoms with E-state index in [1.54, 1.807) is 0 Å². The van der Waals surface area contributed by atoms with Gasteiger partial charge >= 0.3 is 0 Å². The molecule has 108 valence electrons. The first-order valence-electron chi connectivity index (χ1n) is 6.99. The van der Waals surface area contributed by atoms with E-state index in [0.29, 0.717) is 0 Å². The minimum absolute atomic E-state index is 0.821. The largest absolute Gasteiger partial charge is 0.374 e. The quantitative estimate of drug-likeness (QED) is 0.810. The van der Waals surface area contributed by atoms with Crippen molar-refractivity contribution in [3.05, 3.63) is 35.8 Å². The lowest BCUT2D eigenvalue weighted by molar-refractivity contribution is 0.268. The van der Waals surface area contributed by atoms with Crippen molar-refractivity contribution in [1.82, 2.24) is 19.5 Å². The van der Waals surface area contributed by atoms with Gasteiger partial charge in [-0.05, 0) is 30.7 Å². The van der Waals surface area contributed by atoms with Crippen LogP contribution in [-0.2, 0) is 13.1 Å². The molecule has 0 saturated carbocycles. The average Bonchev–Trinajstić information content (AvgIpc) is 2.92. The molecule has 0 aromatic carbocycles. The van der Waals surface area contributed by atoms with Gasteiger partial charge in [0.05, 0.1) is 0 Å². The second-order valence-electron chi connectivity index (χ2n) is 4.63. The molecule has 0 aliphatic heterocycles. The first-order valence-corrected chi connectivity index (χ1v) is 7.77. The van der Waals surface area contributed by atoms with Crippen LogP contribution in [0.5, 0.6) is 0 Å². The molecule has 0 radical (unpaired) electrons. The van der Waals surface area contributed by atoms with E-state index in [9.17, 15) is 0 Å². The van der Waals surface area contributed by atoms with Crippen LogP contribution < -0.4 is 5.32 Å². The summed E-state index contributed by atoms with van der Waals surface area (Å²) in [6.45, 7) is 7.99. The van der Waals surface area contributed by atoms with Gasteiger partial charge in [0, 0.05) is 43.6 Å². The molecule has 2 heterocycles. The number of hydrogen-bond acceptors (Lipinski definition) is 6. The van der Waals surface area contributed by atoms with Crippen molar-refractivity contribution in [2.75, 3.05) is 18.4 Å². The van der Waals surface area contributed by atoms with Crippen LogP contribution in [0.2, 0.25) is 0 Å². The molecule has 0 unspecified atom stereocenters. The van der Waals surface area contributed by atoms with Crippen LogP contribution in [0.1, 0.15) is 31.5 Å². The molecular formula is C14H21N5S. The summed E-state index contributed by atoms with van der Waals surface area (Å²) in [4.78, 5) is 6.40. The van der Waals surface area contributed by atoms with Crippen molar-refractivity contribution in [2.24, 2.45) is 0 Å². The van der Waals surface area contributed by atoms with E-state index in [-0.39, 0.29) is 0 Å². The van der Waals surface area contributed by atoms with Crippen LogP contribution in [-0.4, -0.2) is 32.6 Å². The Balaban J connectivity index is 1.97. The van der Waals surface area contributed by atoms with E-state index in [1.165, 1.54) is 17.1 Å². The smallest absolute Gasteiger partial charge is 0.134 e. The van der Waals surface area contributed by atoms with Crippen molar-refractivity contribution in [3.8, 4) is 0 Å². The Morgan fingerprint density at radius 2 is 2.00 bits per heavy atom. The molecule has 0 aliphatic carbocycles. The number of rotatable bonds is 8. The molecule has 6 heteroatoms. The Labute approximate surface area is 124 Å². The fourth-order valence-corrected chi connectivity index (χ4v) is 2.52. The molecule has 20 heavy (non-hydrogen) atoms. The lowest BCUT2D eigenvalue weighted by Gasteiger charge is -2.19. The maximum atomic E-state index is 4.25. The number of nitrogens with zero attached hydrogens (tertiary/aromatic N) is 4. The monoisotopic (exact) mass is 291 g/mol. The number of pyridine rings is 1. The van der Waals surface area contributed by atoms with E-state index < -0.39 is 0 Å². The summed E-state index contributed by atoms with van der Waals surface area (Å²) in [5, 5.41) is 8.74. The van der Waals surface area contributed by atoms with Gasteiger partial charge in [0.15, 0.2) is 0 Å². The lowest BCUT2D eigenvalue weighted by atomic mass is 10.2. The maximum absolute atomic E-state index is 4.25. The van der Waals surface area contributed by atoms with E-state index in [1.807, 2.05) is 12.4 Å². The van der Waals surface area contributed by atoms with Gasteiger partial charge in [-0.15, -0.1) is 5.10 Å². The fraction of sp³-hybridized carbons (Fsp3) is 0.500. The molecular weight excluding hydrogens is 270 g/mol. The Kier molecular flexibility index (Phi) is 5.88. The highest BCUT2D eigenvalue weighted by Crippen LogP contribution is 2.20. The molecule has 0 bridgehead atoms. The summed E-state index contributed by atoms with van der Waals surface area (Å²) in [6, 6.07) is 4.11. The minimum atomic E-state index is 0.821. The fourth-order valence-electron chi connectivity index (χ4n) is 1.92. The third-order valence-corrected chi connectivity index (χ3v) is 3.79. The number of aromatic nitrogens is 3. The van der Waals surface area contributed by atoms with Crippen molar-refractivity contribution in [3.63, 3.8) is 0 Å². The highest BCUT2D eigenvalue weighted by Gasteiger charge is 2.12. The second-order valence-corrected chi connectivity index (χ2v) is 5.39. The van der Waals surface area contributed by atoms with E-state index >= 15 is 0 Å². The molecule has 5 nitrogen and oxygen atoms in total. The van der Waals surface area contributed by atoms with Crippen molar-refractivity contribution < 1.29 is 0 Å². The molecule has 0 spiro atoms. The van der Waals surface area contributed by atoms with Gasteiger partial charge < -0.3 is 5.32 Å². The van der Waals surface area contributed by atoms with E-state index in [4.69, 9.17) is 0 Å². The summed E-state index contributed by atoms with van der Waals surface area (Å²) in [5.74, 6) is 0. The first kappa shape index (κ1) is 14.9. The van der Waals surface area contributed by atoms with Gasteiger partial charge in [-0.3, -0.25) is 9.88 Å². The van der Waals surface area contributed by atoms with Gasteiger partial charge in [-0.2, -0.15) is 0 Å². The lowest BCUT2D eigenvalue weighted by Crippen LogP contribution is -2.23. The second kappa shape index (κ2) is 7.91. The summed E-state index contributed by atoms with van der Waals surface area (Å²) in [6.07, 6.45) is 4.77. The van der Waals surface area contributed by atoms with Crippen LogP contribution in [0.15, 0.2) is 24.5 Å². The Hall–Kier alpha value is -1.53. The number of hydrogen-bond donors (Lipinski definition) is 1. The predicted molar refractivity (Wildman–Crippen MR) is 82.7 cm³/mol. The number of nitrogens with one attached hydrogen (secondary N) is 1. The topological polar surface area (TPSA) is 53.9 Å². The highest BCUT2D eigenvalue weighted by atomic mass is 32.1.